The molecule has 1 aliphatic rings. The summed E-state index contributed by atoms with van der Waals surface area (Å²) >= 11 is 5.83. The van der Waals surface area contributed by atoms with Crippen LogP contribution in [0.4, 0.5) is 0 Å². The van der Waals surface area contributed by atoms with Gasteiger partial charge in [0.05, 0.1) is 18.7 Å². The Balaban J connectivity index is 2.01. The lowest BCUT2D eigenvalue weighted by Gasteiger charge is -2.13. The van der Waals surface area contributed by atoms with Crippen molar-refractivity contribution in [1.29, 1.82) is 0 Å². The molecule has 1 aliphatic carbocycles. The third-order valence-corrected chi connectivity index (χ3v) is 3.18. The normalized spacial score (nSPS) is 14.2. The Bertz CT molecular complexity index is 464. The van der Waals surface area contributed by atoms with E-state index in [-0.39, 0.29) is 0 Å². The summed E-state index contributed by atoms with van der Waals surface area (Å²) in [5.41, 5.74) is 2.10. The minimum absolute atomic E-state index is 0.459. The van der Waals surface area contributed by atoms with Gasteiger partial charge in [0.15, 0.2) is 0 Å². The molecule has 0 spiro atoms. The van der Waals surface area contributed by atoms with Crippen LogP contribution < -0.4 is 4.74 Å². The summed E-state index contributed by atoms with van der Waals surface area (Å²) in [6.45, 7) is 0.568. The number of alkyl halides is 1. The van der Waals surface area contributed by atoms with E-state index in [1.54, 1.807) is 7.11 Å². The van der Waals surface area contributed by atoms with Crippen molar-refractivity contribution >= 4 is 11.6 Å². The van der Waals surface area contributed by atoms with Gasteiger partial charge in [-0.2, -0.15) is 0 Å². The van der Waals surface area contributed by atoms with E-state index in [0.29, 0.717) is 12.5 Å². The monoisotopic (exact) mass is 264 g/mol. The first-order valence-electron chi connectivity index (χ1n) is 6.03. The van der Waals surface area contributed by atoms with Gasteiger partial charge in [-0.3, -0.25) is 0 Å². The number of halogens is 1. The number of benzene rings is 1. The van der Waals surface area contributed by atoms with Crippen molar-refractivity contribution in [2.75, 3.05) is 7.11 Å². The van der Waals surface area contributed by atoms with Gasteiger partial charge in [-0.15, -0.1) is 11.6 Å². The van der Waals surface area contributed by atoms with Gasteiger partial charge in [0, 0.05) is 12.0 Å². The van der Waals surface area contributed by atoms with E-state index in [2.05, 4.69) is 6.08 Å². The Hall–Kier alpha value is -1.41. The van der Waals surface area contributed by atoms with Crippen LogP contribution in [0.15, 0.2) is 42.2 Å². The molecule has 2 rings (SSSR count). The van der Waals surface area contributed by atoms with Gasteiger partial charge in [-0.05, 0) is 24.1 Å². The summed E-state index contributed by atoms with van der Waals surface area (Å²) in [6, 6.07) is 6.00. The molecule has 0 fully saturated rings. The first kappa shape index (κ1) is 13.0. The zero-order chi connectivity index (χ0) is 12.8. The molecule has 0 amide bonds. The van der Waals surface area contributed by atoms with Crippen molar-refractivity contribution < 1.29 is 9.47 Å². The van der Waals surface area contributed by atoms with Gasteiger partial charge in [-0.25, -0.2) is 0 Å². The Morgan fingerprint density at radius 3 is 2.89 bits per heavy atom. The van der Waals surface area contributed by atoms with E-state index in [1.807, 2.05) is 30.4 Å². The van der Waals surface area contributed by atoms with Gasteiger partial charge in [0.25, 0.3) is 0 Å². The summed E-state index contributed by atoms with van der Waals surface area (Å²) < 4.78 is 11.1. The molecule has 0 N–H and O–H groups in total. The Morgan fingerprint density at radius 1 is 1.33 bits per heavy atom. The molecule has 96 valence electrons. The van der Waals surface area contributed by atoms with Gasteiger partial charge < -0.3 is 9.47 Å². The molecule has 18 heavy (non-hydrogen) atoms. The highest BCUT2D eigenvalue weighted by atomic mass is 35.5. The molecule has 3 heteroatoms. The van der Waals surface area contributed by atoms with Gasteiger partial charge in [-0.1, -0.05) is 24.3 Å². The van der Waals surface area contributed by atoms with Crippen molar-refractivity contribution in [1.82, 2.24) is 0 Å². The highest BCUT2D eigenvalue weighted by Gasteiger charge is 2.05. The maximum absolute atomic E-state index is 5.83. The van der Waals surface area contributed by atoms with Crippen molar-refractivity contribution in [3.8, 4) is 5.75 Å². The predicted octanol–water partition coefficient (Wildman–Crippen LogP) is 4.18. The van der Waals surface area contributed by atoms with Crippen LogP contribution in [0.3, 0.4) is 0 Å². The number of ether oxygens (including phenoxy) is 2. The molecule has 0 heterocycles. The summed E-state index contributed by atoms with van der Waals surface area (Å²) in [4.78, 5) is 0. The fourth-order valence-corrected chi connectivity index (χ4v) is 2.09. The van der Waals surface area contributed by atoms with Crippen LogP contribution in [0.2, 0.25) is 0 Å². The second-order valence-corrected chi connectivity index (χ2v) is 4.44. The van der Waals surface area contributed by atoms with E-state index < -0.39 is 0 Å². The van der Waals surface area contributed by atoms with Gasteiger partial charge >= 0.3 is 0 Å². The molecular weight excluding hydrogens is 248 g/mol. The fraction of sp³-hybridized carbons (Fsp3) is 0.333. The van der Waals surface area contributed by atoms with Crippen LogP contribution in [0, 0.1) is 0 Å². The summed E-state index contributed by atoms with van der Waals surface area (Å²) in [5.74, 6) is 2.32. The summed E-state index contributed by atoms with van der Waals surface area (Å²) in [5, 5.41) is 0. The van der Waals surface area contributed by atoms with E-state index in [4.69, 9.17) is 21.1 Å². The predicted molar refractivity (Wildman–Crippen MR) is 73.8 cm³/mol. The zero-order valence-electron chi connectivity index (χ0n) is 10.5. The van der Waals surface area contributed by atoms with E-state index in [9.17, 15) is 0 Å². The molecule has 0 saturated heterocycles. The third kappa shape index (κ3) is 3.30. The van der Waals surface area contributed by atoms with Crippen LogP contribution in [0.5, 0.6) is 5.75 Å². The topological polar surface area (TPSA) is 18.5 Å². The zero-order valence-corrected chi connectivity index (χ0v) is 11.2. The quantitative estimate of drug-likeness (QED) is 0.743. The molecule has 0 bridgehead atoms. The summed E-state index contributed by atoms with van der Waals surface area (Å²) in [6.07, 6.45) is 8.24. The maximum atomic E-state index is 5.83. The highest BCUT2D eigenvalue weighted by molar-refractivity contribution is 6.17. The van der Waals surface area contributed by atoms with Crippen LogP contribution in [0.25, 0.3) is 0 Å². The van der Waals surface area contributed by atoms with E-state index >= 15 is 0 Å². The maximum Gasteiger partial charge on any atom is 0.123 e. The average Bonchev–Trinajstić information content (AvgIpc) is 2.45. The van der Waals surface area contributed by atoms with Crippen molar-refractivity contribution in [2.24, 2.45) is 0 Å². The number of hydrogen-bond acceptors (Lipinski definition) is 2. The van der Waals surface area contributed by atoms with Gasteiger partial charge in [0.2, 0.25) is 0 Å². The smallest absolute Gasteiger partial charge is 0.123 e. The first-order valence-corrected chi connectivity index (χ1v) is 6.57. The van der Waals surface area contributed by atoms with Crippen LogP contribution in [-0.2, 0) is 17.2 Å². The second kappa shape index (κ2) is 6.50. The van der Waals surface area contributed by atoms with Crippen LogP contribution in [0.1, 0.15) is 24.0 Å². The highest BCUT2D eigenvalue weighted by Crippen LogP contribution is 2.23. The minimum atomic E-state index is 0.459. The van der Waals surface area contributed by atoms with E-state index in [0.717, 1.165) is 35.5 Å². The lowest BCUT2D eigenvalue weighted by Crippen LogP contribution is -1.97. The Labute approximate surface area is 113 Å². The van der Waals surface area contributed by atoms with Crippen LogP contribution in [-0.4, -0.2) is 7.11 Å². The molecule has 0 aromatic heterocycles. The number of methoxy groups -OCH3 is 1. The average molecular weight is 265 g/mol. The molecule has 0 radical (unpaired) electrons. The Kier molecular flexibility index (Phi) is 4.71. The standard InChI is InChI=1S/C15H17ClO2/c1-17-15-9-12(7-8-13(15)10-16)11-18-14-5-3-2-4-6-14/h2-3,5,7-9H,4,6,10-11H2,1H3. The molecule has 0 unspecified atom stereocenters. The first-order chi connectivity index (χ1) is 8.83. The third-order valence-electron chi connectivity index (χ3n) is 2.90. The summed E-state index contributed by atoms with van der Waals surface area (Å²) in [7, 11) is 1.66. The Morgan fingerprint density at radius 2 is 2.22 bits per heavy atom. The molecule has 1 aromatic rings. The molecular formula is C15H17ClO2. The SMILES string of the molecule is COc1cc(COC2=CC=CCC2)ccc1CCl. The molecule has 2 nitrogen and oxygen atoms in total. The molecule has 0 aliphatic heterocycles. The second-order valence-electron chi connectivity index (χ2n) is 4.17. The lowest BCUT2D eigenvalue weighted by atomic mass is 10.1. The number of hydrogen-bond donors (Lipinski definition) is 0. The van der Waals surface area contributed by atoms with Gasteiger partial charge in [0.1, 0.15) is 12.4 Å². The minimum Gasteiger partial charge on any atom is -0.496 e. The molecule has 0 saturated carbocycles. The van der Waals surface area contributed by atoms with Crippen molar-refractivity contribution in [3.63, 3.8) is 0 Å². The largest absolute Gasteiger partial charge is 0.496 e. The molecule has 0 atom stereocenters. The number of rotatable bonds is 5. The van der Waals surface area contributed by atoms with Crippen molar-refractivity contribution in [2.45, 2.75) is 25.3 Å². The fourth-order valence-electron chi connectivity index (χ4n) is 1.87. The van der Waals surface area contributed by atoms with Crippen molar-refractivity contribution in [3.05, 3.63) is 53.3 Å². The van der Waals surface area contributed by atoms with E-state index in [1.165, 1.54) is 0 Å². The van der Waals surface area contributed by atoms with Crippen LogP contribution >= 0.6 is 11.6 Å². The number of allylic oxidation sites excluding steroid dienone is 4. The lowest BCUT2D eigenvalue weighted by molar-refractivity contribution is 0.188. The molecule has 1 aromatic carbocycles.